The number of furan rings is 1. The number of hydrogen-bond donors (Lipinski definition) is 0. The zero-order valence-corrected chi connectivity index (χ0v) is 12.8. The minimum atomic E-state index is -2.65. The van der Waals surface area contributed by atoms with E-state index in [-0.39, 0.29) is 29.0 Å². The number of halogens is 2. The Morgan fingerprint density at radius 3 is 3.00 bits per heavy atom. The van der Waals surface area contributed by atoms with Crippen LogP contribution in [0.4, 0.5) is 8.78 Å². The highest BCUT2D eigenvalue weighted by molar-refractivity contribution is 7.99. The number of allylic oxidation sites excluding steroid dienone is 1. The average Bonchev–Trinajstić information content (AvgIpc) is 3.10. The maximum Gasteiger partial charge on any atom is 0.291 e. The van der Waals surface area contributed by atoms with E-state index in [2.05, 4.69) is 11.6 Å². The summed E-state index contributed by atoms with van der Waals surface area (Å²) < 4.78 is 31.9. The van der Waals surface area contributed by atoms with Crippen LogP contribution < -0.4 is 5.56 Å². The Kier molecular flexibility index (Phi) is 4.12. The van der Waals surface area contributed by atoms with Gasteiger partial charge in [-0.15, -0.1) is 17.9 Å². The van der Waals surface area contributed by atoms with Gasteiger partial charge in [0.25, 0.3) is 11.3 Å². The fraction of sp³-hybridized carbons (Fsp3) is 0.143. The number of rotatable bonds is 5. The number of nitrogens with zero attached hydrogens (tertiary/aromatic N) is 2. The van der Waals surface area contributed by atoms with Crippen LogP contribution in [-0.4, -0.2) is 15.3 Å². The van der Waals surface area contributed by atoms with Crippen molar-refractivity contribution in [3.63, 3.8) is 0 Å². The molecule has 0 saturated heterocycles. The summed E-state index contributed by atoms with van der Waals surface area (Å²) in [5, 5.41) is 2.10. The maximum absolute atomic E-state index is 12.7. The van der Waals surface area contributed by atoms with E-state index < -0.39 is 5.76 Å². The molecule has 0 fully saturated rings. The van der Waals surface area contributed by atoms with Gasteiger partial charge in [-0.1, -0.05) is 6.08 Å². The molecule has 0 N–H and O–H groups in total. The summed E-state index contributed by atoms with van der Waals surface area (Å²) in [6.45, 7) is 3.67. The molecule has 0 unspecified atom stereocenters. The SMILES string of the molecule is C=CCn1c(SC(F)F)nc2scc(-c3ccco3)c2c1=O. The first-order valence-corrected chi connectivity index (χ1v) is 7.99. The molecule has 0 aliphatic heterocycles. The van der Waals surface area contributed by atoms with Crippen molar-refractivity contribution in [1.82, 2.24) is 9.55 Å². The zero-order valence-electron chi connectivity index (χ0n) is 11.2. The first-order chi connectivity index (χ1) is 10.6. The summed E-state index contributed by atoms with van der Waals surface area (Å²) in [5.74, 6) is -2.10. The van der Waals surface area contributed by atoms with Crippen molar-refractivity contribution >= 4 is 33.3 Å². The smallest absolute Gasteiger partial charge is 0.291 e. The number of aromatic nitrogens is 2. The standard InChI is InChI=1S/C14H10F2N2O2S2/c1-2-5-18-12(19)10-8(9-4-3-6-20-9)7-21-11(10)17-14(18)22-13(15)16/h2-4,6-7,13H,1,5H2. The lowest BCUT2D eigenvalue weighted by Gasteiger charge is -2.09. The average molecular weight is 340 g/mol. The Labute approximate surface area is 132 Å². The highest BCUT2D eigenvalue weighted by Crippen LogP contribution is 2.33. The molecular weight excluding hydrogens is 330 g/mol. The molecular formula is C14H10F2N2O2S2. The van der Waals surface area contributed by atoms with E-state index in [0.717, 1.165) is 0 Å². The monoisotopic (exact) mass is 340 g/mol. The van der Waals surface area contributed by atoms with Crippen LogP contribution in [0.3, 0.4) is 0 Å². The lowest BCUT2D eigenvalue weighted by atomic mass is 10.2. The van der Waals surface area contributed by atoms with Crippen LogP contribution in [0.5, 0.6) is 0 Å². The minimum Gasteiger partial charge on any atom is -0.464 e. The molecule has 0 radical (unpaired) electrons. The van der Waals surface area contributed by atoms with Crippen molar-refractivity contribution in [2.45, 2.75) is 17.5 Å². The Bertz CT molecular complexity index is 869. The van der Waals surface area contributed by atoms with Gasteiger partial charge < -0.3 is 4.42 Å². The number of hydrogen-bond acceptors (Lipinski definition) is 5. The van der Waals surface area contributed by atoms with E-state index in [4.69, 9.17) is 4.42 Å². The number of alkyl halides is 2. The van der Waals surface area contributed by atoms with Crippen molar-refractivity contribution in [3.8, 4) is 11.3 Å². The molecule has 0 aromatic carbocycles. The van der Waals surface area contributed by atoms with Gasteiger partial charge in [-0.3, -0.25) is 9.36 Å². The summed E-state index contributed by atoms with van der Waals surface area (Å²) >= 11 is 1.48. The molecule has 22 heavy (non-hydrogen) atoms. The molecule has 8 heteroatoms. The fourth-order valence-corrected chi connectivity index (χ4v) is 3.64. The molecule has 0 aliphatic carbocycles. The first-order valence-electron chi connectivity index (χ1n) is 6.23. The normalized spacial score (nSPS) is 11.4. The summed E-state index contributed by atoms with van der Waals surface area (Å²) in [5.41, 5.74) is 0.245. The Morgan fingerprint density at radius 1 is 1.55 bits per heavy atom. The third kappa shape index (κ3) is 2.59. The second kappa shape index (κ2) is 6.05. The third-order valence-corrected chi connectivity index (χ3v) is 4.52. The number of thiophene rings is 1. The van der Waals surface area contributed by atoms with Crippen LogP contribution in [0, 0.1) is 0 Å². The second-order valence-corrected chi connectivity index (χ2v) is 6.10. The molecule has 0 aliphatic rings. The Balaban J connectivity index is 2.27. The van der Waals surface area contributed by atoms with E-state index in [1.807, 2.05) is 0 Å². The molecule has 3 aromatic rings. The zero-order chi connectivity index (χ0) is 15.7. The van der Waals surface area contributed by atoms with Gasteiger partial charge in [-0.2, -0.15) is 8.78 Å². The molecule has 0 spiro atoms. The van der Waals surface area contributed by atoms with Gasteiger partial charge in [0.1, 0.15) is 10.6 Å². The van der Waals surface area contributed by atoms with E-state index in [0.29, 0.717) is 21.5 Å². The highest BCUT2D eigenvalue weighted by atomic mass is 32.2. The molecule has 4 nitrogen and oxygen atoms in total. The largest absolute Gasteiger partial charge is 0.464 e. The van der Waals surface area contributed by atoms with Gasteiger partial charge in [0.15, 0.2) is 5.16 Å². The molecule has 3 rings (SSSR count). The lowest BCUT2D eigenvalue weighted by molar-refractivity contribution is 0.251. The van der Waals surface area contributed by atoms with E-state index in [1.54, 1.807) is 17.5 Å². The minimum absolute atomic E-state index is 0.0137. The fourth-order valence-electron chi connectivity index (χ4n) is 2.08. The van der Waals surface area contributed by atoms with Gasteiger partial charge >= 0.3 is 0 Å². The van der Waals surface area contributed by atoms with Gasteiger partial charge in [0, 0.05) is 17.5 Å². The van der Waals surface area contributed by atoms with Crippen molar-refractivity contribution in [1.29, 1.82) is 0 Å². The third-order valence-electron chi connectivity index (χ3n) is 2.95. The summed E-state index contributed by atoms with van der Waals surface area (Å²) in [7, 11) is 0. The molecule has 0 bridgehead atoms. The van der Waals surface area contributed by atoms with E-state index >= 15 is 0 Å². The van der Waals surface area contributed by atoms with Crippen molar-refractivity contribution in [2.75, 3.05) is 0 Å². The van der Waals surface area contributed by atoms with Gasteiger partial charge in [0.2, 0.25) is 0 Å². The molecule has 3 heterocycles. The van der Waals surface area contributed by atoms with Gasteiger partial charge in [-0.05, 0) is 23.9 Å². The molecule has 0 atom stereocenters. The predicted octanol–water partition coefficient (Wildman–Crippen LogP) is 4.22. The van der Waals surface area contributed by atoms with Crippen LogP contribution in [0.15, 0.2) is 50.8 Å². The van der Waals surface area contributed by atoms with Crippen LogP contribution in [0.2, 0.25) is 0 Å². The van der Waals surface area contributed by atoms with Crippen LogP contribution in [-0.2, 0) is 6.54 Å². The molecule has 0 amide bonds. The van der Waals surface area contributed by atoms with Crippen LogP contribution in [0.1, 0.15) is 0 Å². The van der Waals surface area contributed by atoms with Crippen LogP contribution in [0.25, 0.3) is 21.5 Å². The Morgan fingerprint density at radius 2 is 2.36 bits per heavy atom. The van der Waals surface area contributed by atoms with E-state index in [9.17, 15) is 13.6 Å². The Hall–Kier alpha value is -1.93. The van der Waals surface area contributed by atoms with Crippen molar-refractivity contribution in [3.05, 3.63) is 46.8 Å². The predicted molar refractivity (Wildman–Crippen MR) is 83.6 cm³/mol. The highest BCUT2D eigenvalue weighted by Gasteiger charge is 2.20. The van der Waals surface area contributed by atoms with Gasteiger partial charge in [0.05, 0.1) is 11.6 Å². The topological polar surface area (TPSA) is 48.0 Å². The first kappa shape index (κ1) is 15.0. The molecule has 0 saturated carbocycles. The molecule has 3 aromatic heterocycles. The van der Waals surface area contributed by atoms with Crippen molar-refractivity contribution < 1.29 is 13.2 Å². The number of thioether (sulfide) groups is 1. The maximum atomic E-state index is 12.7. The quantitative estimate of drug-likeness (QED) is 0.396. The number of fused-ring (bicyclic) bond motifs is 1. The summed E-state index contributed by atoms with van der Waals surface area (Å²) in [6.07, 6.45) is 2.99. The lowest BCUT2D eigenvalue weighted by Crippen LogP contribution is -2.22. The van der Waals surface area contributed by atoms with E-state index in [1.165, 1.54) is 28.2 Å². The summed E-state index contributed by atoms with van der Waals surface area (Å²) in [4.78, 5) is 17.3. The van der Waals surface area contributed by atoms with Crippen molar-refractivity contribution in [2.24, 2.45) is 0 Å². The second-order valence-electron chi connectivity index (χ2n) is 4.28. The summed E-state index contributed by atoms with van der Waals surface area (Å²) in [6, 6.07) is 3.45. The molecule has 114 valence electrons. The van der Waals surface area contributed by atoms with Gasteiger partial charge in [-0.25, -0.2) is 4.98 Å². The van der Waals surface area contributed by atoms with Crippen LogP contribution >= 0.6 is 23.1 Å².